The zero-order valence-corrected chi connectivity index (χ0v) is 19.5. The predicted octanol–water partition coefficient (Wildman–Crippen LogP) is 4.68. The minimum Gasteiger partial charge on any atom is -0.489 e. The van der Waals surface area contributed by atoms with Gasteiger partial charge in [0.15, 0.2) is 0 Å². The molecule has 1 aliphatic rings. The Morgan fingerprint density at radius 2 is 1.83 bits per heavy atom. The maximum Gasteiger partial charge on any atom is 0.251 e. The largest absolute Gasteiger partial charge is 0.489 e. The van der Waals surface area contributed by atoms with Crippen molar-refractivity contribution in [3.05, 3.63) is 83.6 Å². The van der Waals surface area contributed by atoms with Crippen LogP contribution < -0.4 is 15.5 Å². The number of carbonyl (C=O) groups is 2. The fourth-order valence-electron chi connectivity index (χ4n) is 4.91. The Morgan fingerprint density at radius 3 is 2.69 bits per heavy atom. The van der Waals surface area contributed by atoms with Crippen LogP contribution in [0.1, 0.15) is 40.9 Å². The molecule has 2 unspecified atom stereocenters. The van der Waals surface area contributed by atoms with Crippen molar-refractivity contribution in [3.8, 4) is 5.75 Å². The van der Waals surface area contributed by atoms with Crippen LogP contribution in [0.25, 0.3) is 21.7 Å². The summed E-state index contributed by atoms with van der Waals surface area (Å²) in [6, 6.07) is 21.1. The van der Waals surface area contributed by atoms with E-state index in [1.165, 1.54) is 0 Å². The normalized spacial score (nSPS) is 17.4. The van der Waals surface area contributed by atoms with E-state index in [0.717, 1.165) is 45.1 Å². The number of ether oxygens (including phenoxy) is 1. The molecule has 1 fully saturated rings. The van der Waals surface area contributed by atoms with Gasteiger partial charge in [-0.15, -0.1) is 0 Å². The first-order valence-corrected chi connectivity index (χ1v) is 11.8. The Morgan fingerprint density at radius 1 is 1.03 bits per heavy atom. The molecule has 5 rings (SSSR count). The van der Waals surface area contributed by atoms with Crippen LogP contribution in [0, 0.1) is 12.8 Å². The molecule has 2 atom stereocenters. The first-order chi connectivity index (χ1) is 17.0. The summed E-state index contributed by atoms with van der Waals surface area (Å²) in [5, 5.41) is 14.9. The molecule has 35 heavy (non-hydrogen) atoms. The molecule has 178 valence electrons. The number of amides is 2. The predicted molar refractivity (Wildman–Crippen MR) is 133 cm³/mol. The summed E-state index contributed by atoms with van der Waals surface area (Å²) < 4.78 is 6.11. The van der Waals surface area contributed by atoms with Crippen molar-refractivity contribution < 1.29 is 19.5 Å². The van der Waals surface area contributed by atoms with Crippen LogP contribution in [0.5, 0.6) is 5.75 Å². The van der Waals surface area contributed by atoms with E-state index in [1.807, 2.05) is 61.5 Å². The van der Waals surface area contributed by atoms with Crippen LogP contribution in [-0.4, -0.2) is 28.0 Å². The number of hydroxylamine groups is 1. The molecule has 3 N–H and O–H groups in total. The highest BCUT2D eigenvalue weighted by molar-refractivity contribution is 5.99. The third-order valence-corrected chi connectivity index (χ3v) is 6.68. The van der Waals surface area contributed by atoms with E-state index in [9.17, 15) is 9.59 Å². The number of pyridine rings is 1. The summed E-state index contributed by atoms with van der Waals surface area (Å²) in [6.45, 7) is 2.41. The lowest BCUT2D eigenvalue weighted by Crippen LogP contribution is -2.43. The van der Waals surface area contributed by atoms with E-state index in [0.29, 0.717) is 25.0 Å². The second kappa shape index (κ2) is 9.72. The smallest absolute Gasteiger partial charge is 0.251 e. The number of para-hydroxylation sites is 1. The van der Waals surface area contributed by atoms with Gasteiger partial charge in [-0.05, 0) is 66.9 Å². The van der Waals surface area contributed by atoms with Gasteiger partial charge in [0.1, 0.15) is 12.4 Å². The average molecular weight is 470 g/mol. The Balaban J connectivity index is 1.30. The lowest BCUT2D eigenvalue weighted by Gasteiger charge is -2.19. The number of nitrogens with one attached hydrogen (secondary N) is 2. The van der Waals surface area contributed by atoms with Crippen molar-refractivity contribution >= 4 is 33.5 Å². The quantitative estimate of drug-likeness (QED) is 0.281. The van der Waals surface area contributed by atoms with Gasteiger partial charge in [-0.2, -0.15) is 0 Å². The SMILES string of the molecule is Cc1cc(COc2ccc3cc(C(=O)NC4CCCC4C(=O)NO)ccc3c2)c2ccccc2n1. The molecule has 4 aromatic rings. The molecule has 0 spiro atoms. The Bertz CT molecular complexity index is 1420. The van der Waals surface area contributed by atoms with E-state index in [-0.39, 0.29) is 11.9 Å². The molecule has 3 aromatic carbocycles. The van der Waals surface area contributed by atoms with Gasteiger partial charge in [-0.3, -0.25) is 19.8 Å². The van der Waals surface area contributed by atoms with Crippen molar-refractivity contribution in [1.82, 2.24) is 15.8 Å². The van der Waals surface area contributed by atoms with Crippen LogP contribution in [0.3, 0.4) is 0 Å². The highest BCUT2D eigenvalue weighted by atomic mass is 16.5. The van der Waals surface area contributed by atoms with Crippen LogP contribution >= 0.6 is 0 Å². The summed E-state index contributed by atoms with van der Waals surface area (Å²) in [5.41, 5.74) is 5.22. The molecule has 0 saturated heterocycles. The monoisotopic (exact) mass is 469 g/mol. The number of hydrogen-bond donors (Lipinski definition) is 3. The summed E-state index contributed by atoms with van der Waals surface area (Å²) in [6.07, 6.45) is 2.19. The molecule has 2 amide bonds. The second-order valence-corrected chi connectivity index (χ2v) is 9.05. The van der Waals surface area contributed by atoms with E-state index in [1.54, 1.807) is 11.5 Å². The standard InChI is InChI=1S/C28H27N3O4/c1-17-13-21(23-5-2-3-7-25(23)29-17)16-35-22-12-11-18-14-20(10-9-19(18)15-22)27(32)30-26-8-4-6-24(26)28(33)31-34/h2-3,5,7,9-15,24,26,34H,4,6,8,16H2,1H3,(H,30,32)(H,31,33). The van der Waals surface area contributed by atoms with E-state index >= 15 is 0 Å². The molecule has 1 saturated carbocycles. The Labute approximate surface area is 203 Å². The van der Waals surface area contributed by atoms with Gasteiger partial charge in [0.25, 0.3) is 5.91 Å². The Kier molecular flexibility index (Phi) is 6.33. The lowest BCUT2D eigenvalue weighted by atomic mass is 10.0. The number of aromatic nitrogens is 1. The van der Waals surface area contributed by atoms with Gasteiger partial charge in [0, 0.05) is 28.2 Å². The first-order valence-electron chi connectivity index (χ1n) is 11.8. The number of hydrogen-bond acceptors (Lipinski definition) is 5. The fraction of sp³-hybridized carbons (Fsp3) is 0.250. The van der Waals surface area contributed by atoms with Crippen molar-refractivity contribution in [2.45, 2.75) is 38.8 Å². The highest BCUT2D eigenvalue weighted by Crippen LogP contribution is 2.27. The summed E-state index contributed by atoms with van der Waals surface area (Å²) in [7, 11) is 0. The molecule has 1 aliphatic carbocycles. The van der Waals surface area contributed by atoms with Crippen LogP contribution in [-0.2, 0) is 11.4 Å². The van der Waals surface area contributed by atoms with Crippen LogP contribution in [0.15, 0.2) is 66.7 Å². The summed E-state index contributed by atoms with van der Waals surface area (Å²) in [5.74, 6) is -0.342. The number of fused-ring (bicyclic) bond motifs is 2. The first kappa shape index (κ1) is 22.8. The van der Waals surface area contributed by atoms with Crippen LogP contribution in [0.4, 0.5) is 0 Å². The number of aryl methyl sites for hydroxylation is 1. The molecule has 0 bridgehead atoms. The third kappa shape index (κ3) is 4.81. The van der Waals surface area contributed by atoms with Crippen molar-refractivity contribution in [1.29, 1.82) is 0 Å². The summed E-state index contributed by atoms with van der Waals surface area (Å²) >= 11 is 0. The van der Waals surface area contributed by atoms with Gasteiger partial charge >= 0.3 is 0 Å². The molecular weight excluding hydrogens is 442 g/mol. The van der Waals surface area contributed by atoms with E-state index in [4.69, 9.17) is 9.94 Å². The fourth-order valence-corrected chi connectivity index (χ4v) is 4.91. The zero-order valence-electron chi connectivity index (χ0n) is 19.5. The maximum absolute atomic E-state index is 12.8. The Hall–Kier alpha value is -3.97. The maximum atomic E-state index is 12.8. The van der Waals surface area contributed by atoms with Crippen molar-refractivity contribution in [3.63, 3.8) is 0 Å². The van der Waals surface area contributed by atoms with Gasteiger partial charge in [-0.1, -0.05) is 36.8 Å². The molecular formula is C28H27N3O4. The van der Waals surface area contributed by atoms with Crippen molar-refractivity contribution in [2.24, 2.45) is 5.92 Å². The van der Waals surface area contributed by atoms with Crippen LogP contribution in [0.2, 0.25) is 0 Å². The van der Waals surface area contributed by atoms with Gasteiger partial charge in [0.2, 0.25) is 5.91 Å². The molecule has 0 radical (unpaired) electrons. The molecule has 7 nitrogen and oxygen atoms in total. The van der Waals surface area contributed by atoms with Gasteiger partial charge in [0.05, 0.1) is 11.4 Å². The lowest BCUT2D eigenvalue weighted by molar-refractivity contribution is -0.133. The van der Waals surface area contributed by atoms with E-state index in [2.05, 4.69) is 16.4 Å². The molecule has 1 aromatic heterocycles. The number of rotatable bonds is 6. The number of carbonyl (C=O) groups excluding carboxylic acids is 2. The van der Waals surface area contributed by atoms with Gasteiger partial charge in [-0.25, -0.2) is 5.48 Å². The highest BCUT2D eigenvalue weighted by Gasteiger charge is 2.34. The topological polar surface area (TPSA) is 101 Å². The molecule has 1 heterocycles. The summed E-state index contributed by atoms with van der Waals surface area (Å²) in [4.78, 5) is 29.3. The molecule has 0 aliphatic heterocycles. The van der Waals surface area contributed by atoms with Gasteiger partial charge < -0.3 is 10.1 Å². The second-order valence-electron chi connectivity index (χ2n) is 9.05. The minimum atomic E-state index is -0.450. The average Bonchev–Trinajstić information content (AvgIpc) is 3.34. The van der Waals surface area contributed by atoms with Crippen molar-refractivity contribution in [2.75, 3.05) is 0 Å². The zero-order chi connectivity index (χ0) is 24.4. The number of nitrogens with zero attached hydrogens (tertiary/aromatic N) is 1. The molecule has 7 heteroatoms. The van der Waals surface area contributed by atoms with E-state index < -0.39 is 11.8 Å². The number of benzene rings is 3. The third-order valence-electron chi connectivity index (χ3n) is 6.68. The minimum absolute atomic E-state index is 0.227.